The second-order valence-electron chi connectivity index (χ2n) is 6.27. The van der Waals surface area contributed by atoms with Gasteiger partial charge in [-0.2, -0.15) is 0 Å². The fraction of sp³-hybridized carbons (Fsp3) is 0.316. The van der Waals surface area contributed by atoms with Gasteiger partial charge in [-0.05, 0) is 41.3 Å². The fourth-order valence-corrected chi connectivity index (χ4v) is 2.22. The van der Waals surface area contributed by atoms with E-state index in [0.717, 1.165) is 11.3 Å². The molecule has 0 amide bonds. The number of benzene rings is 2. The summed E-state index contributed by atoms with van der Waals surface area (Å²) in [4.78, 5) is 10.8. The summed E-state index contributed by atoms with van der Waals surface area (Å²) in [5.41, 5.74) is 1.42. The molecule has 0 aromatic heterocycles. The zero-order valence-corrected chi connectivity index (χ0v) is 13.7. The standard InChI is InChI=1S/C19H22O4/c1-19(2,3)16-6-4-5-7-17(16)23-13-12-22-15-10-8-14(9-11-15)18(20)21/h4-11H,12-13H2,1-3H3,(H,20,21). The van der Waals surface area contributed by atoms with Crippen LogP contribution in [0.2, 0.25) is 0 Å². The van der Waals surface area contributed by atoms with E-state index in [0.29, 0.717) is 19.0 Å². The molecule has 23 heavy (non-hydrogen) atoms. The van der Waals surface area contributed by atoms with Crippen molar-refractivity contribution in [2.24, 2.45) is 0 Å². The van der Waals surface area contributed by atoms with Crippen LogP contribution in [0.4, 0.5) is 0 Å². The van der Waals surface area contributed by atoms with Gasteiger partial charge in [-0.3, -0.25) is 0 Å². The Balaban J connectivity index is 1.87. The first-order chi connectivity index (χ1) is 10.9. The topological polar surface area (TPSA) is 55.8 Å². The molecular formula is C19H22O4. The molecule has 2 aromatic carbocycles. The molecule has 0 aliphatic carbocycles. The molecule has 0 spiro atoms. The Kier molecular flexibility index (Phi) is 5.27. The van der Waals surface area contributed by atoms with Crippen molar-refractivity contribution in [2.75, 3.05) is 13.2 Å². The Morgan fingerprint density at radius 3 is 2.17 bits per heavy atom. The lowest BCUT2D eigenvalue weighted by atomic mass is 9.86. The van der Waals surface area contributed by atoms with E-state index in [4.69, 9.17) is 14.6 Å². The predicted octanol–water partition coefficient (Wildman–Crippen LogP) is 4.14. The summed E-state index contributed by atoms with van der Waals surface area (Å²) in [6.07, 6.45) is 0. The van der Waals surface area contributed by atoms with Gasteiger partial charge in [0.15, 0.2) is 0 Å². The predicted molar refractivity (Wildman–Crippen MR) is 89.5 cm³/mol. The minimum atomic E-state index is -0.946. The number of para-hydroxylation sites is 1. The van der Waals surface area contributed by atoms with Gasteiger partial charge in [0.2, 0.25) is 0 Å². The van der Waals surface area contributed by atoms with Gasteiger partial charge in [-0.25, -0.2) is 4.79 Å². The molecule has 0 saturated heterocycles. The van der Waals surface area contributed by atoms with E-state index in [-0.39, 0.29) is 11.0 Å². The molecule has 0 radical (unpaired) electrons. The summed E-state index contributed by atoms with van der Waals surface area (Å²) in [5, 5.41) is 8.85. The third kappa shape index (κ3) is 4.74. The summed E-state index contributed by atoms with van der Waals surface area (Å²) < 4.78 is 11.4. The molecule has 0 atom stereocenters. The molecule has 0 saturated carbocycles. The molecule has 2 rings (SSSR count). The molecule has 0 unspecified atom stereocenters. The van der Waals surface area contributed by atoms with E-state index in [9.17, 15) is 4.79 Å². The summed E-state index contributed by atoms with van der Waals surface area (Å²) in [7, 11) is 0. The number of ether oxygens (including phenoxy) is 2. The zero-order valence-electron chi connectivity index (χ0n) is 13.7. The monoisotopic (exact) mass is 314 g/mol. The molecule has 0 aliphatic heterocycles. The van der Waals surface area contributed by atoms with E-state index < -0.39 is 5.97 Å². The van der Waals surface area contributed by atoms with E-state index in [1.165, 1.54) is 12.1 Å². The van der Waals surface area contributed by atoms with Crippen molar-refractivity contribution < 1.29 is 19.4 Å². The number of carboxylic acid groups (broad SMARTS) is 1. The summed E-state index contributed by atoms with van der Waals surface area (Å²) in [6.45, 7) is 7.26. The number of carboxylic acids is 1. The molecule has 4 nitrogen and oxygen atoms in total. The lowest BCUT2D eigenvalue weighted by Gasteiger charge is -2.22. The minimum absolute atomic E-state index is 0.0180. The number of hydrogen-bond donors (Lipinski definition) is 1. The maximum Gasteiger partial charge on any atom is 0.335 e. The van der Waals surface area contributed by atoms with Crippen LogP contribution in [0.3, 0.4) is 0 Å². The largest absolute Gasteiger partial charge is 0.490 e. The van der Waals surface area contributed by atoms with Crippen LogP contribution >= 0.6 is 0 Å². The van der Waals surface area contributed by atoms with Crippen molar-refractivity contribution in [3.05, 3.63) is 59.7 Å². The summed E-state index contributed by atoms with van der Waals surface area (Å²) in [5.74, 6) is 0.547. The van der Waals surface area contributed by atoms with E-state index in [1.807, 2.05) is 18.2 Å². The van der Waals surface area contributed by atoms with Gasteiger partial charge in [0.1, 0.15) is 24.7 Å². The first kappa shape index (κ1) is 16.9. The van der Waals surface area contributed by atoms with Crippen molar-refractivity contribution >= 4 is 5.97 Å². The molecule has 0 bridgehead atoms. The fourth-order valence-electron chi connectivity index (χ4n) is 2.22. The minimum Gasteiger partial charge on any atom is -0.490 e. The van der Waals surface area contributed by atoms with Crippen LogP contribution in [-0.4, -0.2) is 24.3 Å². The van der Waals surface area contributed by atoms with E-state index in [1.54, 1.807) is 12.1 Å². The molecule has 4 heteroatoms. The molecule has 1 N–H and O–H groups in total. The van der Waals surface area contributed by atoms with Gasteiger partial charge in [0.05, 0.1) is 5.56 Å². The van der Waals surface area contributed by atoms with Crippen LogP contribution in [0.5, 0.6) is 11.5 Å². The molecule has 0 aliphatic rings. The van der Waals surface area contributed by atoms with Crippen LogP contribution in [0.1, 0.15) is 36.7 Å². The van der Waals surface area contributed by atoms with Crippen LogP contribution in [0, 0.1) is 0 Å². The van der Waals surface area contributed by atoms with Gasteiger partial charge >= 0.3 is 5.97 Å². The Bertz CT molecular complexity index is 654. The van der Waals surface area contributed by atoms with Crippen LogP contribution in [0.25, 0.3) is 0 Å². The molecule has 0 fully saturated rings. The smallest absolute Gasteiger partial charge is 0.335 e. The maximum atomic E-state index is 10.8. The lowest BCUT2D eigenvalue weighted by Crippen LogP contribution is -2.15. The third-order valence-corrected chi connectivity index (χ3v) is 3.41. The highest BCUT2D eigenvalue weighted by atomic mass is 16.5. The summed E-state index contributed by atoms with van der Waals surface area (Å²) in [6, 6.07) is 14.3. The second-order valence-corrected chi connectivity index (χ2v) is 6.27. The Morgan fingerprint density at radius 1 is 0.957 bits per heavy atom. The maximum absolute atomic E-state index is 10.8. The van der Waals surface area contributed by atoms with Gasteiger partial charge in [-0.1, -0.05) is 39.0 Å². The van der Waals surface area contributed by atoms with E-state index in [2.05, 4.69) is 26.8 Å². The van der Waals surface area contributed by atoms with Crippen molar-refractivity contribution in [1.82, 2.24) is 0 Å². The number of aromatic carboxylic acids is 1. The highest BCUT2D eigenvalue weighted by Crippen LogP contribution is 2.30. The Morgan fingerprint density at radius 2 is 1.57 bits per heavy atom. The van der Waals surface area contributed by atoms with Crippen LogP contribution < -0.4 is 9.47 Å². The van der Waals surface area contributed by atoms with Gasteiger partial charge < -0.3 is 14.6 Å². The first-order valence-corrected chi connectivity index (χ1v) is 7.56. The highest BCUT2D eigenvalue weighted by Gasteiger charge is 2.18. The lowest BCUT2D eigenvalue weighted by molar-refractivity contribution is 0.0697. The second kappa shape index (κ2) is 7.18. The Hall–Kier alpha value is -2.49. The molecule has 0 heterocycles. The van der Waals surface area contributed by atoms with Crippen molar-refractivity contribution in [3.8, 4) is 11.5 Å². The average Bonchev–Trinajstić information content (AvgIpc) is 2.51. The average molecular weight is 314 g/mol. The third-order valence-electron chi connectivity index (χ3n) is 3.41. The molecule has 2 aromatic rings. The van der Waals surface area contributed by atoms with E-state index >= 15 is 0 Å². The van der Waals surface area contributed by atoms with Crippen molar-refractivity contribution in [1.29, 1.82) is 0 Å². The molecule has 122 valence electrons. The quantitative estimate of drug-likeness (QED) is 0.814. The molecular weight excluding hydrogens is 292 g/mol. The Labute approximate surface area is 136 Å². The van der Waals surface area contributed by atoms with Gasteiger partial charge in [0.25, 0.3) is 0 Å². The number of hydrogen-bond acceptors (Lipinski definition) is 3. The van der Waals surface area contributed by atoms with Gasteiger partial charge in [0, 0.05) is 0 Å². The van der Waals surface area contributed by atoms with Crippen LogP contribution in [0.15, 0.2) is 48.5 Å². The van der Waals surface area contributed by atoms with Gasteiger partial charge in [-0.15, -0.1) is 0 Å². The van der Waals surface area contributed by atoms with Crippen molar-refractivity contribution in [2.45, 2.75) is 26.2 Å². The summed E-state index contributed by atoms with van der Waals surface area (Å²) >= 11 is 0. The number of carbonyl (C=O) groups is 1. The zero-order chi connectivity index (χ0) is 16.9. The SMILES string of the molecule is CC(C)(C)c1ccccc1OCCOc1ccc(C(=O)O)cc1. The van der Waals surface area contributed by atoms with Crippen LogP contribution in [-0.2, 0) is 5.41 Å². The first-order valence-electron chi connectivity index (χ1n) is 7.56. The van der Waals surface area contributed by atoms with Crippen molar-refractivity contribution in [3.63, 3.8) is 0 Å². The highest BCUT2D eigenvalue weighted by molar-refractivity contribution is 5.87. The normalized spacial score (nSPS) is 11.1. The number of rotatable bonds is 6.